The van der Waals surface area contributed by atoms with Crippen LogP contribution in [0.2, 0.25) is 0 Å². The second kappa shape index (κ2) is 8.12. The van der Waals surface area contributed by atoms with Gasteiger partial charge in [-0.25, -0.2) is 0 Å². The Balaban J connectivity index is 0.00000162. The molecule has 0 spiro atoms. The molecule has 0 radical (unpaired) electrons. The summed E-state index contributed by atoms with van der Waals surface area (Å²) in [5.74, 6) is 0. The highest BCUT2D eigenvalue weighted by molar-refractivity contribution is 5.85. The van der Waals surface area contributed by atoms with E-state index in [9.17, 15) is 0 Å². The number of rotatable bonds is 6. The SMILES string of the molecule is CNCCCCCc1ccc2ccccc2c1.Cl. The normalized spacial score (nSPS) is 10.3. The molecular weight excluding hydrogens is 242 g/mol. The second-order valence-corrected chi connectivity index (χ2v) is 4.60. The monoisotopic (exact) mass is 263 g/mol. The average Bonchev–Trinajstić information content (AvgIpc) is 2.38. The fourth-order valence-electron chi connectivity index (χ4n) is 2.20. The molecule has 0 unspecified atom stereocenters. The van der Waals surface area contributed by atoms with Crippen molar-refractivity contribution in [3.63, 3.8) is 0 Å². The molecule has 0 aliphatic carbocycles. The van der Waals surface area contributed by atoms with Gasteiger partial charge in [0.25, 0.3) is 0 Å². The topological polar surface area (TPSA) is 12.0 Å². The number of halogens is 1. The van der Waals surface area contributed by atoms with Gasteiger partial charge in [0.2, 0.25) is 0 Å². The standard InChI is InChI=1S/C16H21N.ClH/c1-17-12-6-2-3-7-14-10-11-15-8-4-5-9-16(15)13-14;/h4-5,8-11,13,17H,2-3,6-7,12H2,1H3;1H. The van der Waals surface area contributed by atoms with Gasteiger partial charge in [0.05, 0.1) is 0 Å². The Bertz CT molecular complexity index is 467. The van der Waals surface area contributed by atoms with Crippen LogP contribution in [-0.4, -0.2) is 13.6 Å². The summed E-state index contributed by atoms with van der Waals surface area (Å²) in [6.07, 6.45) is 5.09. The fourth-order valence-corrected chi connectivity index (χ4v) is 2.20. The summed E-state index contributed by atoms with van der Waals surface area (Å²) in [5.41, 5.74) is 1.47. The van der Waals surface area contributed by atoms with Crippen molar-refractivity contribution in [1.82, 2.24) is 5.32 Å². The lowest BCUT2D eigenvalue weighted by atomic mass is 10.0. The van der Waals surface area contributed by atoms with E-state index in [1.54, 1.807) is 0 Å². The van der Waals surface area contributed by atoms with E-state index in [1.807, 2.05) is 7.05 Å². The lowest BCUT2D eigenvalue weighted by molar-refractivity contribution is 0.642. The predicted molar refractivity (Wildman–Crippen MR) is 82.7 cm³/mol. The zero-order chi connectivity index (χ0) is 11.9. The Kier molecular flexibility index (Phi) is 6.77. The van der Waals surface area contributed by atoms with Gasteiger partial charge in [-0.3, -0.25) is 0 Å². The zero-order valence-corrected chi connectivity index (χ0v) is 11.8. The molecule has 2 aromatic rings. The van der Waals surface area contributed by atoms with Crippen LogP contribution in [0.5, 0.6) is 0 Å². The van der Waals surface area contributed by atoms with Gasteiger partial charge in [0.15, 0.2) is 0 Å². The van der Waals surface area contributed by atoms with Crippen molar-refractivity contribution in [2.45, 2.75) is 25.7 Å². The Labute approximate surface area is 116 Å². The first-order valence-corrected chi connectivity index (χ1v) is 6.52. The molecule has 1 nitrogen and oxygen atoms in total. The number of benzene rings is 2. The highest BCUT2D eigenvalue weighted by Crippen LogP contribution is 2.17. The molecule has 0 saturated heterocycles. The summed E-state index contributed by atoms with van der Waals surface area (Å²) in [7, 11) is 2.02. The van der Waals surface area contributed by atoms with Gasteiger partial charge in [-0.1, -0.05) is 48.9 Å². The van der Waals surface area contributed by atoms with Gasteiger partial charge in [0, 0.05) is 0 Å². The van der Waals surface area contributed by atoms with Gasteiger partial charge in [-0.15, -0.1) is 12.4 Å². The molecule has 1 N–H and O–H groups in total. The molecule has 98 valence electrons. The summed E-state index contributed by atoms with van der Waals surface area (Å²) in [6, 6.07) is 15.4. The average molecular weight is 264 g/mol. The van der Waals surface area contributed by atoms with E-state index in [0.29, 0.717) is 0 Å². The molecular formula is C16H22ClN. The van der Waals surface area contributed by atoms with E-state index in [2.05, 4.69) is 47.8 Å². The molecule has 0 aliphatic rings. The molecule has 0 saturated carbocycles. The predicted octanol–water partition coefficient (Wildman–Crippen LogP) is 4.19. The zero-order valence-electron chi connectivity index (χ0n) is 11.0. The first kappa shape index (κ1) is 15.0. The third-order valence-electron chi connectivity index (χ3n) is 3.21. The summed E-state index contributed by atoms with van der Waals surface area (Å²) < 4.78 is 0. The van der Waals surface area contributed by atoms with Crippen LogP contribution in [-0.2, 0) is 6.42 Å². The number of aryl methyl sites for hydroxylation is 1. The van der Waals surface area contributed by atoms with Gasteiger partial charge >= 0.3 is 0 Å². The molecule has 2 rings (SSSR count). The summed E-state index contributed by atoms with van der Waals surface area (Å²) >= 11 is 0. The highest BCUT2D eigenvalue weighted by atomic mass is 35.5. The molecule has 2 aromatic carbocycles. The van der Waals surface area contributed by atoms with E-state index in [0.717, 1.165) is 6.54 Å². The Morgan fingerprint density at radius 2 is 1.67 bits per heavy atom. The second-order valence-electron chi connectivity index (χ2n) is 4.60. The summed E-state index contributed by atoms with van der Waals surface area (Å²) in [6.45, 7) is 1.14. The van der Waals surface area contributed by atoms with E-state index >= 15 is 0 Å². The number of hydrogen-bond donors (Lipinski definition) is 1. The quantitative estimate of drug-likeness (QED) is 0.771. The van der Waals surface area contributed by atoms with E-state index < -0.39 is 0 Å². The molecule has 0 atom stereocenters. The van der Waals surface area contributed by atoms with Crippen LogP contribution in [0.1, 0.15) is 24.8 Å². The van der Waals surface area contributed by atoms with Crippen LogP contribution in [0.15, 0.2) is 42.5 Å². The van der Waals surface area contributed by atoms with Crippen LogP contribution in [0.4, 0.5) is 0 Å². The van der Waals surface area contributed by atoms with Crippen LogP contribution >= 0.6 is 12.4 Å². The third-order valence-corrected chi connectivity index (χ3v) is 3.21. The Morgan fingerprint density at radius 3 is 2.44 bits per heavy atom. The van der Waals surface area contributed by atoms with Crippen molar-refractivity contribution in [3.05, 3.63) is 48.0 Å². The largest absolute Gasteiger partial charge is 0.320 e. The van der Waals surface area contributed by atoms with Crippen molar-refractivity contribution in [3.8, 4) is 0 Å². The first-order chi connectivity index (χ1) is 8.40. The van der Waals surface area contributed by atoms with Gasteiger partial charge in [-0.2, -0.15) is 0 Å². The van der Waals surface area contributed by atoms with Crippen LogP contribution in [0.25, 0.3) is 10.8 Å². The third kappa shape index (κ3) is 4.32. The van der Waals surface area contributed by atoms with Gasteiger partial charge < -0.3 is 5.32 Å². The molecule has 0 bridgehead atoms. The number of fused-ring (bicyclic) bond motifs is 1. The van der Waals surface area contributed by atoms with E-state index in [-0.39, 0.29) is 12.4 Å². The Hall–Kier alpha value is -1.05. The van der Waals surface area contributed by atoms with Crippen molar-refractivity contribution in [2.24, 2.45) is 0 Å². The molecule has 0 amide bonds. The number of nitrogens with one attached hydrogen (secondary N) is 1. The lowest BCUT2D eigenvalue weighted by Gasteiger charge is -2.04. The fraction of sp³-hybridized carbons (Fsp3) is 0.375. The molecule has 0 aromatic heterocycles. The summed E-state index contributed by atoms with van der Waals surface area (Å²) in [4.78, 5) is 0. The van der Waals surface area contributed by atoms with Crippen LogP contribution in [0, 0.1) is 0 Å². The maximum atomic E-state index is 3.19. The minimum atomic E-state index is 0. The van der Waals surface area contributed by atoms with Gasteiger partial charge in [0.1, 0.15) is 0 Å². The summed E-state index contributed by atoms with van der Waals surface area (Å²) in [5, 5.41) is 5.89. The van der Waals surface area contributed by atoms with Crippen molar-refractivity contribution in [1.29, 1.82) is 0 Å². The highest BCUT2D eigenvalue weighted by Gasteiger charge is 1.96. The maximum Gasteiger partial charge on any atom is -0.00519 e. The van der Waals surface area contributed by atoms with Gasteiger partial charge in [-0.05, 0) is 49.2 Å². The lowest BCUT2D eigenvalue weighted by Crippen LogP contribution is -2.07. The number of unbranched alkanes of at least 4 members (excludes halogenated alkanes) is 2. The number of hydrogen-bond acceptors (Lipinski definition) is 1. The smallest absolute Gasteiger partial charge is 0.00519 e. The maximum absolute atomic E-state index is 3.19. The van der Waals surface area contributed by atoms with Crippen LogP contribution in [0.3, 0.4) is 0 Å². The van der Waals surface area contributed by atoms with E-state index in [1.165, 1.54) is 42.0 Å². The molecule has 18 heavy (non-hydrogen) atoms. The van der Waals surface area contributed by atoms with Crippen molar-refractivity contribution >= 4 is 23.2 Å². The minimum Gasteiger partial charge on any atom is -0.320 e. The van der Waals surface area contributed by atoms with Crippen molar-refractivity contribution in [2.75, 3.05) is 13.6 Å². The molecule has 0 fully saturated rings. The van der Waals surface area contributed by atoms with Crippen LogP contribution < -0.4 is 5.32 Å². The first-order valence-electron chi connectivity index (χ1n) is 6.52. The molecule has 0 aliphatic heterocycles. The molecule has 0 heterocycles. The minimum absolute atomic E-state index is 0. The Morgan fingerprint density at radius 1 is 0.889 bits per heavy atom. The van der Waals surface area contributed by atoms with Crippen molar-refractivity contribution < 1.29 is 0 Å². The van der Waals surface area contributed by atoms with E-state index in [4.69, 9.17) is 0 Å². The molecule has 2 heteroatoms.